The van der Waals surface area contributed by atoms with Gasteiger partial charge in [0.1, 0.15) is 0 Å². The number of halogens is 1. The largest absolute Gasteiger partial charge is 0.269 e. The summed E-state index contributed by atoms with van der Waals surface area (Å²) in [5, 5.41) is 10.3. The van der Waals surface area contributed by atoms with Gasteiger partial charge in [0.25, 0.3) is 0 Å². The first-order valence-corrected chi connectivity index (χ1v) is 3.75. The van der Waals surface area contributed by atoms with Crippen LogP contribution in [0.4, 0.5) is 4.70 Å². The van der Waals surface area contributed by atoms with Crippen LogP contribution in [-0.2, 0) is 7.05 Å². The normalized spacial score (nSPS) is 6.07. The van der Waals surface area contributed by atoms with Crippen molar-refractivity contribution in [1.82, 2.24) is 15.0 Å². The maximum atomic E-state index is 7.33. The standard InChI is InChI=1S/C4H7N3.C3H4.CH3N3.FH/c1-4-3-7(2)6-5-4;1-3-2;1-3-4-2;/h3H,1-2H3;1H,2H3;1H3;1H. The van der Waals surface area contributed by atoms with Crippen molar-refractivity contribution in [3.05, 3.63) is 22.3 Å². The van der Waals surface area contributed by atoms with E-state index >= 15 is 0 Å². The molecule has 0 unspecified atom stereocenters. The van der Waals surface area contributed by atoms with Crippen molar-refractivity contribution in [2.45, 2.75) is 13.8 Å². The first kappa shape index (κ1) is 18.7. The predicted octanol–water partition coefficient (Wildman–Crippen LogP) is 1.84. The molecule has 0 aliphatic carbocycles. The number of aryl methyl sites for hydroxylation is 2. The SMILES string of the molecule is C#CC.CN=[N+]=[N-].Cc1cn(C)nn1.F. The van der Waals surface area contributed by atoms with E-state index in [4.69, 9.17) is 5.53 Å². The Labute approximate surface area is 88.3 Å². The van der Waals surface area contributed by atoms with Gasteiger partial charge in [-0.1, -0.05) is 10.3 Å². The van der Waals surface area contributed by atoms with E-state index in [2.05, 4.69) is 32.7 Å². The van der Waals surface area contributed by atoms with Gasteiger partial charge >= 0.3 is 0 Å². The van der Waals surface area contributed by atoms with Crippen LogP contribution in [-0.4, -0.2) is 22.0 Å². The molecule has 7 heteroatoms. The zero-order valence-corrected chi connectivity index (χ0v) is 9.25. The Morgan fingerprint density at radius 3 is 2.13 bits per heavy atom. The fourth-order valence-electron chi connectivity index (χ4n) is 0.463. The van der Waals surface area contributed by atoms with E-state index in [0.29, 0.717) is 0 Å². The summed E-state index contributed by atoms with van der Waals surface area (Å²) in [7, 11) is 3.24. The second kappa shape index (κ2) is 14.5. The molecule has 1 aromatic rings. The quantitative estimate of drug-likeness (QED) is 0.286. The van der Waals surface area contributed by atoms with E-state index in [0.717, 1.165) is 5.69 Å². The van der Waals surface area contributed by atoms with Gasteiger partial charge in [-0.3, -0.25) is 9.39 Å². The molecule has 0 amide bonds. The summed E-state index contributed by atoms with van der Waals surface area (Å²) in [5.41, 5.74) is 8.29. The van der Waals surface area contributed by atoms with Crippen LogP contribution in [0.25, 0.3) is 10.4 Å². The molecule has 0 atom stereocenters. The van der Waals surface area contributed by atoms with Crippen molar-refractivity contribution in [3.8, 4) is 12.3 Å². The molecule has 0 fully saturated rings. The lowest BCUT2D eigenvalue weighted by Crippen LogP contribution is -1.85. The highest BCUT2D eigenvalue weighted by Crippen LogP contribution is 1.82. The molecule has 0 radical (unpaired) electrons. The van der Waals surface area contributed by atoms with Crippen LogP contribution >= 0.6 is 0 Å². The number of azide groups is 1. The lowest BCUT2D eigenvalue weighted by atomic mass is 10.6. The van der Waals surface area contributed by atoms with E-state index < -0.39 is 0 Å². The fraction of sp³-hybridized carbons (Fsp3) is 0.500. The van der Waals surface area contributed by atoms with E-state index in [9.17, 15) is 0 Å². The molecule has 15 heavy (non-hydrogen) atoms. The predicted molar refractivity (Wildman–Crippen MR) is 57.8 cm³/mol. The van der Waals surface area contributed by atoms with Gasteiger partial charge in [-0.25, -0.2) is 0 Å². The van der Waals surface area contributed by atoms with E-state index in [1.807, 2.05) is 20.2 Å². The number of nitrogens with zero attached hydrogens (tertiary/aromatic N) is 6. The van der Waals surface area contributed by atoms with Crippen LogP contribution in [0.15, 0.2) is 11.3 Å². The Kier molecular flexibility index (Phi) is 18.0. The molecule has 0 aliphatic heterocycles. The summed E-state index contributed by atoms with van der Waals surface area (Å²) >= 11 is 0. The van der Waals surface area contributed by atoms with Crippen LogP contribution in [0.2, 0.25) is 0 Å². The molecule has 0 saturated carbocycles. The molecule has 0 aliphatic rings. The lowest BCUT2D eigenvalue weighted by molar-refractivity contribution is 0.714. The molecular weight excluding hydrogens is 199 g/mol. The molecule has 1 rings (SSSR count). The van der Waals surface area contributed by atoms with Gasteiger partial charge in [0, 0.05) is 25.2 Å². The van der Waals surface area contributed by atoms with Gasteiger partial charge in [-0.05, 0) is 19.4 Å². The molecule has 6 nitrogen and oxygen atoms in total. The summed E-state index contributed by atoms with van der Waals surface area (Å²) in [4.78, 5) is 2.36. The molecule has 1 heterocycles. The van der Waals surface area contributed by atoms with Crippen molar-refractivity contribution in [3.63, 3.8) is 0 Å². The summed E-state index contributed by atoms with van der Waals surface area (Å²) in [6.45, 7) is 3.56. The average Bonchev–Trinajstić information content (AvgIpc) is 2.52. The van der Waals surface area contributed by atoms with Crippen LogP contribution < -0.4 is 0 Å². The highest BCUT2D eigenvalue weighted by molar-refractivity contribution is 4.85. The molecule has 1 aromatic heterocycles. The maximum Gasteiger partial charge on any atom is 0.0796 e. The van der Waals surface area contributed by atoms with E-state index in [1.165, 1.54) is 7.05 Å². The van der Waals surface area contributed by atoms with Crippen LogP contribution in [0.3, 0.4) is 0 Å². The summed E-state index contributed by atoms with van der Waals surface area (Å²) < 4.78 is 1.68. The van der Waals surface area contributed by atoms with Crippen LogP contribution in [0.1, 0.15) is 12.6 Å². The number of hydrogen-bond acceptors (Lipinski definition) is 3. The Bertz CT molecular complexity index is 304. The third-order valence-corrected chi connectivity index (χ3v) is 0.807. The molecular formula is C8H15FN6. The Hall–Kier alpha value is -2.06. The van der Waals surface area contributed by atoms with Gasteiger partial charge in [-0.15, -0.1) is 17.4 Å². The zero-order chi connectivity index (χ0) is 11.4. The van der Waals surface area contributed by atoms with Crippen LogP contribution in [0.5, 0.6) is 0 Å². The van der Waals surface area contributed by atoms with Crippen molar-refractivity contribution in [2.24, 2.45) is 12.2 Å². The fourth-order valence-corrected chi connectivity index (χ4v) is 0.463. The Balaban J connectivity index is -0.000000158. The van der Waals surface area contributed by atoms with Gasteiger partial charge in [0.15, 0.2) is 0 Å². The highest BCUT2D eigenvalue weighted by Gasteiger charge is 1.83. The Morgan fingerprint density at radius 1 is 1.67 bits per heavy atom. The van der Waals surface area contributed by atoms with Gasteiger partial charge < -0.3 is 0 Å². The molecule has 0 N–H and O–H groups in total. The monoisotopic (exact) mass is 214 g/mol. The van der Waals surface area contributed by atoms with Gasteiger partial charge in [-0.2, -0.15) is 0 Å². The van der Waals surface area contributed by atoms with Crippen molar-refractivity contribution in [2.75, 3.05) is 7.05 Å². The lowest BCUT2D eigenvalue weighted by Gasteiger charge is -1.75. The second-order valence-corrected chi connectivity index (χ2v) is 2.11. The first-order valence-electron chi connectivity index (χ1n) is 3.75. The minimum atomic E-state index is 0. The Morgan fingerprint density at radius 2 is 2.07 bits per heavy atom. The number of terminal acetylenes is 1. The van der Waals surface area contributed by atoms with Gasteiger partial charge in [0.2, 0.25) is 0 Å². The summed E-state index contributed by atoms with van der Waals surface area (Å²) in [5.74, 6) is 2.25. The smallest absolute Gasteiger partial charge is 0.0796 e. The second-order valence-electron chi connectivity index (χ2n) is 2.11. The molecule has 0 saturated heterocycles. The van der Waals surface area contributed by atoms with E-state index in [-0.39, 0.29) is 4.70 Å². The minimum absolute atomic E-state index is 0. The first-order chi connectivity index (χ1) is 6.62. The third kappa shape index (κ3) is 18.7. The maximum absolute atomic E-state index is 7.33. The third-order valence-electron chi connectivity index (χ3n) is 0.807. The van der Waals surface area contributed by atoms with Crippen molar-refractivity contribution < 1.29 is 4.70 Å². The highest BCUT2D eigenvalue weighted by atomic mass is 19.0. The summed E-state index contributed by atoms with van der Waals surface area (Å²) in [6.07, 6.45) is 6.46. The molecule has 0 aromatic carbocycles. The number of aromatic nitrogens is 3. The number of hydrogen-bond donors (Lipinski definition) is 0. The van der Waals surface area contributed by atoms with Crippen molar-refractivity contribution in [1.29, 1.82) is 0 Å². The molecule has 0 bridgehead atoms. The molecule has 0 spiro atoms. The number of rotatable bonds is 0. The zero-order valence-electron chi connectivity index (χ0n) is 9.25. The van der Waals surface area contributed by atoms with E-state index in [1.54, 1.807) is 11.6 Å². The molecule has 84 valence electrons. The summed E-state index contributed by atoms with van der Waals surface area (Å²) in [6, 6.07) is 0. The van der Waals surface area contributed by atoms with Crippen molar-refractivity contribution >= 4 is 0 Å². The topological polar surface area (TPSA) is 79.5 Å². The van der Waals surface area contributed by atoms with Gasteiger partial charge in [0.05, 0.1) is 5.69 Å². The average molecular weight is 214 g/mol. The van der Waals surface area contributed by atoms with Crippen LogP contribution in [0, 0.1) is 19.3 Å². The minimum Gasteiger partial charge on any atom is -0.269 e.